The Balaban J connectivity index is 1.47. The van der Waals surface area contributed by atoms with E-state index >= 15 is 0 Å². The number of benzene rings is 1. The number of rotatable bonds is 8. The number of piperazine rings is 1. The second kappa shape index (κ2) is 10.1. The lowest BCUT2D eigenvalue weighted by Crippen LogP contribution is -2.46. The molecule has 1 fully saturated rings. The Morgan fingerprint density at radius 2 is 1.90 bits per heavy atom. The van der Waals surface area contributed by atoms with E-state index in [1.165, 1.54) is 18.0 Å². The Hall–Kier alpha value is -2.80. The molecule has 3 rings (SSSR count). The highest BCUT2D eigenvalue weighted by atomic mass is 16.5. The average molecular weight is 399 g/mol. The topological polar surface area (TPSA) is 75.0 Å². The first kappa shape index (κ1) is 20.9. The molecule has 0 atom stereocenters. The van der Waals surface area contributed by atoms with E-state index in [0.717, 1.165) is 26.2 Å². The number of nitrogens with one attached hydrogen (secondary N) is 1. The first-order valence-corrected chi connectivity index (χ1v) is 10.0. The molecule has 0 bridgehead atoms. The van der Waals surface area contributed by atoms with Crippen LogP contribution < -0.4 is 20.4 Å². The van der Waals surface area contributed by atoms with Gasteiger partial charge in [0, 0.05) is 44.5 Å². The Labute approximate surface area is 171 Å². The molecule has 7 heteroatoms. The predicted octanol–water partition coefficient (Wildman–Crippen LogP) is 2.11. The summed E-state index contributed by atoms with van der Waals surface area (Å²) in [6.07, 6.45) is 1.30. The van der Waals surface area contributed by atoms with Crippen molar-refractivity contribution in [2.75, 3.05) is 44.2 Å². The van der Waals surface area contributed by atoms with Crippen molar-refractivity contribution in [3.8, 4) is 5.75 Å². The lowest BCUT2D eigenvalue weighted by Gasteiger charge is -2.35. The molecule has 29 heavy (non-hydrogen) atoms. The molecular weight excluding hydrogens is 370 g/mol. The van der Waals surface area contributed by atoms with Crippen LogP contribution in [0.25, 0.3) is 0 Å². The third-order valence-corrected chi connectivity index (χ3v) is 4.79. The van der Waals surface area contributed by atoms with Crippen LogP contribution in [0.15, 0.2) is 51.9 Å². The monoisotopic (exact) mass is 399 g/mol. The Morgan fingerprint density at radius 1 is 1.17 bits per heavy atom. The lowest BCUT2D eigenvalue weighted by atomic mass is 10.2. The van der Waals surface area contributed by atoms with Crippen LogP contribution in [0.3, 0.4) is 0 Å². The van der Waals surface area contributed by atoms with Crippen molar-refractivity contribution in [3.05, 3.63) is 58.6 Å². The van der Waals surface area contributed by atoms with Crippen molar-refractivity contribution in [2.24, 2.45) is 5.92 Å². The van der Waals surface area contributed by atoms with Gasteiger partial charge in [-0.05, 0) is 18.1 Å². The highest BCUT2D eigenvalue weighted by molar-refractivity contribution is 5.77. The van der Waals surface area contributed by atoms with Gasteiger partial charge in [-0.25, -0.2) is 0 Å². The molecule has 0 spiro atoms. The maximum atomic E-state index is 12.3. The zero-order valence-electron chi connectivity index (χ0n) is 17.1. The van der Waals surface area contributed by atoms with Gasteiger partial charge < -0.3 is 19.4 Å². The molecule has 1 aliphatic heterocycles. The molecular formula is C22H29N3O4. The number of amides is 1. The molecule has 1 aromatic heterocycles. The van der Waals surface area contributed by atoms with E-state index in [4.69, 9.17) is 9.15 Å². The van der Waals surface area contributed by atoms with E-state index in [2.05, 4.69) is 27.2 Å². The average Bonchev–Trinajstić information content (AvgIpc) is 2.73. The first-order valence-electron chi connectivity index (χ1n) is 10.0. The van der Waals surface area contributed by atoms with Crippen molar-refractivity contribution in [2.45, 2.75) is 20.4 Å². The fourth-order valence-electron chi connectivity index (χ4n) is 3.16. The molecule has 1 saturated heterocycles. The minimum Gasteiger partial charge on any atom is -0.477 e. The van der Waals surface area contributed by atoms with Crippen LogP contribution in [0, 0.1) is 5.92 Å². The number of para-hydroxylation sites is 1. The molecule has 0 aliphatic carbocycles. The summed E-state index contributed by atoms with van der Waals surface area (Å²) in [5.74, 6) is 0.762. The number of hydrogen-bond acceptors (Lipinski definition) is 6. The third kappa shape index (κ3) is 6.35. The van der Waals surface area contributed by atoms with E-state index in [-0.39, 0.29) is 23.7 Å². The number of carbonyl (C=O) groups is 1. The maximum Gasteiger partial charge on any atom is 0.257 e. The predicted molar refractivity (Wildman–Crippen MR) is 112 cm³/mol. The van der Waals surface area contributed by atoms with Crippen molar-refractivity contribution >= 4 is 11.6 Å². The highest BCUT2D eigenvalue weighted by Gasteiger charge is 2.18. The van der Waals surface area contributed by atoms with Crippen LogP contribution in [0.1, 0.15) is 19.6 Å². The summed E-state index contributed by atoms with van der Waals surface area (Å²) in [4.78, 5) is 28.6. The largest absolute Gasteiger partial charge is 0.477 e. The quantitative estimate of drug-likeness (QED) is 0.733. The summed E-state index contributed by atoms with van der Waals surface area (Å²) < 4.78 is 10.9. The van der Waals surface area contributed by atoms with Gasteiger partial charge in [0.05, 0.1) is 6.54 Å². The van der Waals surface area contributed by atoms with Gasteiger partial charge in [-0.15, -0.1) is 0 Å². The van der Waals surface area contributed by atoms with Gasteiger partial charge in [-0.2, -0.15) is 0 Å². The maximum absolute atomic E-state index is 12.3. The van der Waals surface area contributed by atoms with Gasteiger partial charge in [0.25, 0.3) is 5.91 Å². The molecule has 1 aromatic carbocycles. The summed E-state index contributed by atoms with van der Waals surface area (Å²) in [6, 6.07) is 11.8. The lowest BCUT2D eigenvalue weighted by molar-refractivity contribution is -0.123. The van der Waals surface area contributed by atoms with Crippen molar-refractivity contribution in [1.29, 1.82) is 0 Å². The second-order valence-corrected chi connectivity index (χ2v) is 7.66. The molecule has 2 aromatic rings. The zero-order valence-corrected chi connectivity index (χ0v) is 17.1. The van der Waals surface area contributed by atoms with Gasteiger partial charge in [0.1, 0.15) is 12.0 Å². The molecule has 2 heterocycles. The fraction of sp³-hybridized carbons (Fsp3) is 0.455. The van der Waals surface area contributed by atoms with Gasteiger partial charge in [0.2, 0.25) is 11.2 Å². The van der Waals surface area contributed by atoms with E-state index in [1.807, 2.05) is 32.0 Å². The fourth-order valence-corrected chi connectivity index (χ4v) is 3.16. The Kier molecular flexibility index (Phi) is 7.30. The van der Waals surface area contributed by atoms with Crippen LogP contribution in [0.4, 0.5) is 5.69 Å². The molecule has 0 saturated carbocycles. The number of anilines is 1. The molecule has 156 valence electrons. The van der Waals surface area contributed by atoms with E-state index in [0.29, 0.717) is 24.8 Å². The molecule has 1 amide bonds. The van der Waals surface area contributed by atoms with E-state index in [1.54, 1.807) is 0 Å². The molecule has 1 aliphatic rings. The summed E-state index contributed by atoms with van der Waals surface area (Å²) in [6.45, 7) is 8.63. The van der Waals surface area contributed by atoms with Crippen LogP contribution in [-0.4, -0.2) is 50.1 Å². The van der Waals surface area contributed by atoms with E-state index in [9.17, 15) is 9.59 Å². The third-order valence-electron chi connectivity index (χ3n) is 4.79. The van der Waals surface area contributed by atoms with Gasteiger partial charge in [-0.1, -0.05) is 32.0 Å². The van der Waals surface area contributed by atoms with Crippen molar-refractivity contribution in [1.82, 2.24) is 10.2 Å². The molecule has 1 N–H and O–H groups in total. The van der Waals surface area contributed by atoms with Gasteiger partial charge >= 0.3 is 0 Å². The van der Waals surface area contributed by atoms with Gasteiger partial charge in [-0.3, -0.25) is 14.5 Å². The Bertz CT molecular complexity index is 843. The number of ether oxygens (including phenoxy) is 1. The minimum absolute atomic E-state index is 0.0577. The second-order valence-electron chi connectivity index (χ2n) is 7.66. The first-order chi connectivity index (χ1) is 14.0. The smallest absolute Gasteiger partial charge is 0.257 e. The number of hydrogen-bond donors (Lipinski definition) is 1. The molecule has 7 nitrogen and oxygen atoms in total. The summed E-state index contributed by atoms with van der Waals surface area (Å²) in [5, 5.41) is 2.75. The zero-order chi connectivity index (χ0) is 20.6. The summed E-state index contributed by atoms with van der Waals surface area (Å²) in [5.41, 5.74) is 0.962. The Morgan fingerprint density at radius 3 is 2.55 bits per heavy atom. The number of nitrogens with zero attached hydrogens (tertiary/aromatic N) is 2. The van der Waals surface area contributed by atoms with Crippen LogP contribution >= 0.6 is 0 Å². The summed E-state index contributed by atoms with van der Waals surface area (Å²) in [7, 11) is 0. The molecule has 0 unspecified atom stereocenters. The summed E-state index contributed by atoms with van der Waals surface area (Å²) >= 11 is 0. The van der Waals surface area contributed by atoms with Gasteiger partial charge in [0.15, 0.2) is 6.61 Å². The normalized spacial score (nSPS) is 14.8. The molecule has 0 radical (unpaired) electrons. The van der Waals surface area contributed by atoms with Crippen LogP contribution in [0.5, 0.6) is 5.75 Å². The number of carbonyl (C=O) groups excluding carboxylic acids is 1. The van der Waals surface area contributed by atoms with Crippen molar-refractivity contribution in [3.63, 3.8) is 0 Å². The SMILES string of the molecule is CC(C)CNC(=O)COc1coc(CN2CCN(c3ccccc3)CC2)cc1=O. The van der Waals surface area contributed by atoms with Crippen molar-refractivity contribution < 1.29 is 13.9 Å². The highest BCUT2D eigenvalue weighted by Crippen LogP contribution is 2.17. The van der Waals surface area contributed by atoms with Crippen LogP contribution in [0.2, 0.25) is 0 Å². The van der Waals surface area contributed by atoms with Crippen LogP contribution in [-0.2, 0) is 11.3 Å². The standard InChI is InChI=1S/C22H29N3O4/c1-17(2)13-23-22(27)16-29-21-15-28-19(12-20(21)26)14-24-8-10-25(11-9-24)18-6-4-3-5-7-18/h3-7,12,15,17H,8-11,13-14,16H2,1-2H3,(H,23,27). The van der Waals surface area contributed by atoms with E-state index < -0.39 is 0 Å². The minimum atomic E-state index is -0.272.